The topological polar surface area (TPSA) is 54.5 Å². The van der Waals surface area contributed by atoms with Crippen molar-refractivity contribution in [1.82, 2.24) is 0 Å². The second-order valence-electron chi connectivity index (χ2n) is 4.25. The fourth-order valence-electron chi connectivity index (χ4n) is 2.12. The number of nitrogens with zero attached hydrogens (tertiary/aromatic N) is 1. The van der Waals surface area contributed by atoms with Gasteiger partial charge >= 0.3 is 0 Å². The third-order valence-electron chi connectivity index (χ3n) is 3.16. The van der Waals surface area contributed by atoms with Crippen molar-refractivity contribution in [3.05, 3.63) is 27.7 Å². The normalized spacial score (nSPS) is 15.7. The summed E-state index contributed by atoms with van der Waals surface area (Å²) in [6, 6.07) is 2.23. The van der Waals surface area contributed by atoms with Gasteiger partial charge in [0.05, 0.1) is 27.3 Å². The van der Waals surface area contributed by atoms with Crippen LogP contribution in [0.3, 0.4) is 0 Å². The molecule has 2 rings (SSSR count). The first-order chi connectivity index (χ1) is 8.90. The molecule has 19 heavy (non-hydrogen) atoms. The number of amides is 1. The summed E-state index contributed by atoms with van der Waals surface area (Å²) in [6.07, 6.45) is 0.270. The van der Waals surface area contributed by atoms with Gasteiger partial charge in [-0.1, -0.05) is 30.1 Å². The van der Waals surface area contributed by atoms with E-state index < -0.39 is 17.7 Å². The first-order valence-corrected chi connectivity index (χ1v) is 6.54. The monoisotopic (exact) mass is 299 g/mol. The summed E-state index contributed by atoms with van der Waals surface area (Å²) in [4.78, 5) is 36.9. The van der Waals surface area contributed by atoms with E-state index in [0.717, 1.165) is 4.90 Å². The van der Waals surface area contributed by atoms with Gasteiger partial charge in [0.25, 0.3) is 11.7 Å². The van der Waals surface area contributed by atoms with Crippen molar-refractivity contribution < 1.29 is 14.4 Å². The Morgan fingerprint density at radius 3 is 2.42 bits per heavy atom. The smallest absolute Gasteiger partial charge is 0.297 e. The number of anilines is 1. The number of rotatable bonds is 3. The molecule has 1 aliphatic heterocycles. The highest BCUT2D eigenvalue weighted by Crippen LogP contribution is 2.41. The average Bonchev–Trinajstić information content (AvgIpc) is 2.66. The van der Waals surface area contributed by atoms with Crippen LogP contribution in [-0.2, 0) is 9.59 Å². The molecular formula is C13H11Cl2NO3. The molecule has 0 aliphatic carbocycles. The standard InChI is InChI=1S/C13H11Cl2NO3/c1-3-9(17)6(2)16-11-8(15)5-4-7(14)10(11)12(18)13(16)19/h4-6H,3H2,1-2H3. The second kappa shape index (κ2) is 4.94. The molecule has 0 spiro atoms. The zero-order chi connectivity index (χ0) is 14.3. The van der Waals surface area contributed by atoms with Crippen LogP contribution in [-0.4, -0.2) is 23.5 Å². The lowest BCUT2D eigenvalue weighted by atomic mass is 10.1. The summed E-state index contributed by atoms with van der Waals surface area (Å²) in [5, 5.41) is 0.394. The van der Waals surface area contributed by atoms with Crippen LogP contribution in [0.5, 0.6) is 0 Å². The van der Waals surface area contributed by atoms with E-state index in [1.165, 1.54) is 12.1 Å². The van der Waals surface area contributed by atoms with E-state index in [0.29, 0.717) is 0 Å². The minimum absolute atomic E-state index is 0.0786. The first-order valence-electron chi connectivity index (χ1n) is 5.78. The van der Waals surface area contributed by atoms with Crippen molar-refractivity contribution in [3.8, 4) is 0 Å². The Balaban J connectivity index is 2.62. The van der Waals surface area contributed by atoms with Crippen LogP contribution < -0.4 is 4.90 Å². The minimum atomic E-state index is -0.765. The zero-order valence-corrected chi connectivity index (χ0v) is 11.9. The summed E-state index contributed by atoms with van der Waals surface area (Å²) < 4.78 is 0. The van der Waals surface area contributed by atoms with E-state index >= 15 is 0 Å². The van der Waals surface area contributed by atoms with Gasteiger partial charge in [-0.15, -0.1) is 0 Å². The van der Waals surface area contributed by atoms with Crippen molar-refractivity contribution in [3.63, 3.8) is 0 Å². The predicted molar refractivity (Wildman–Crippen MR) is 73.0 cm³/mol. The molecule has 1 aromatic rings. The maximum Gasteiger partial charge on any atom is 0.300 e. The summed E-state index contributed by atoms with van der Waals surface area (Å²) in [5.74, 6) is -1.64. The van der Waals surface area contributed by atoms with Gasteiger partial charge in [0.1, 0.15) is 0 Å². The molecular weight excluding hydrogens is 289 g/mol. The summed E-state index contributed by atoms with van der Waals surface area (Å²) in [5.41, 5.74) is 0.313. The Kier molecular flexibility index (Phi) is 3.65. The van der Waals surface area contributed by atoms with E-state index in [9.17, 15) is 14.4 Å². The van der Waals surface area contributed by atoms with Crippen LogP contribution in [0, 0.1) is 0 Å². The number of fused-ring (bicyclic) bond motifs is 1. The van der Waals surface area contributed by atoms with E-state index in [4.69, 9.17) is 23.2 Å². The fraction of sp³-hybridized carbons (Fsp3) is 0.308. The average molecular weight is 300 g/mol. The quantitative estimate of drug-likeness (QED) is 0.807. The Labute approximate surface area is 120 Å². The SMILES string of the molecule is CCC(=O)C(C)N1C(=O)C(=O)c2c(Cl)ccc(Cl)c21. The molecule has 1 atom stereocenters. The van der Waals surface area contributed by atoms with Gasteiger partial charge in [0.2, 0.25) is 0 Å². The highest BCUT2D eigenvalue weighted by molar-refractivity contribution is 6.57. The zero-order valence-electron chi connectivity index (χ0n) is 10.4. The number of halogens is 2. The first kappa shape index (κ1) is 14.0. The van der Waals surface area contributed by atoms with Crippen LogP contribution in [0.2, 0.25) is 10.0 Å². The fourth-order valence-corrected chi connectivity index (χ4v) is 2.61. The molecule has 0 fully saturated rings. The van der Waals surface area contributed by atoms with Crippen LogP contribution in [0.4, 0.5) is 5.69 Å². The number of carbonyl (C=O) groups excluding carboxylic acids is 3. The van der Waals surface area contributed by atoms with E-state index in [1.807, 2.05) is 0 Å². The third-order valence-corrected chi connectivity index (χ3v) is 3.78. The Bertz CT molecular complexity index is 598. The van der Waals surface area contributed by atoms with Gasteiger partial charge in [0, 0.05) is 6.42 Å². The van der Waals surface area contributed by atoms with Crippen LogP contribution in [0.1, 0.15) is 30.6 Å². The maximum atomic E-state index is 12.0. The number of benzene rings is 1. The number of carbonyl (C=O) groups is 3. The lowest BCUT2D eigenvalue weighted by Crippen LogP contribution is -2.42. The van der Waals surface area contributed by atoms with Gasteiger partial charge in [-0.25, -0.2) is 0 Å². The molecule has 1 aromatic carbocycles. The molecule has 4 nitrogen and oxygen atoms in total. The van der Waals surface area contributed by atoms with Crippen molar-refractivity contribution in [2.45, 2.75) is 26.3 Å². The van der Waals surface area contributed by atoms with E-state index in [1.54, 1.807) is 13.8 Å². The summed E-state index contributed by atoms with van der Waals surface area (Å²) in [7, 11) is 0. The van der Waals surface area contributed by atoms with Crippen molar-refractivity contribution in [2.24, 2.45) is 0 Å². The van der Waals surface area contributed by atoms with Crippen molar-refractivity contribution in [1.29, 1.82) is 0 Å². The molecule has 6 heteroatoms. The van der Waals surface area contributed by atoms with E-state index in [2.05, 4.69) is 0 Å². The Hall–Kier alpha value is -1.39. The van der Waals surface area contributed by atoms with Gasteiger partial charge in [-0.2, -0.15) is 0 Å². The summed E-state index contributed by atoms with van der Waals surface area (Å²) >= 11 is 12.0. The third kappa shape index (κ3) is 2.05. The molecule has 100 valence electrons. The second-order valence-corrected chi connectivity index (χ2v) is 5.07. The van der Waals surface area contributed by atoms with Gasteiger partial charge < -0.3 is 0 Å². The molecule has 0 bridgehead atoms. The number of hydrogen-bond donors (Lipinski definition) is 0. The molecule has 1 heterocycles. The van der Waals surface area contributed by atoms with Gasteiger partial charge in [-0.3, -0.25) is 19.3 Å². The molecule has 0 saturated heterocycles. The molecule has 0 radical (unpaired) electrons. The molecule has 1 amide bonds. The van der Waals surface area contributed by atoms with Crippen molar-refractivity contribution >= 4 is 46.4 Å². The number of Topliss-reactive ketones (excluding diaryl/α,β-unsaturated/α-hetero) is 2. The lowest BCUT2D eigenvalue weighted by Gasteiger charge is -2.23. The highest BCUT2D eigenvalue weighted by Gasteiger charge is 2.42. The van der Waals surface area contributed by atoms with Gasteiger partial charge in [0.15, 0.2) is 5.78 Å². The highest BCUT2D eigenvalue weighted by atomic mass is 35.5. The minimum Gasteiger partial charge on any atom is -0.297 e. The Morgan fingerprint density at radius 1 is 1.26 bits per heavy atom. The largest absolute Gasteiger partial charge is 0.300 e. The summed E-state index contributed by atoms with van der Waals surface area (Å²) in [6.45, 7) is 3.27. The van der Waals surface area contributed by atoms with Gasteiger partial charge in [-0.05, 0) is 19.1 Å². The molecule has 1 unspecified atom stereocenters. The number of hydrogen-bond acceptors (Lipinski definition) is 3. The van der Waals surface area contributed by atoms with Crippen LogP contribution in [0.25, 0.3) is 0 Å². The van der Waals surface area contributed by atoms with E-state index in [-0.39, 0.29) is 33.5 Å². The van der Waals surface area contributed by atoms with Crippen LogP contribution in [0.15, 0.2) is 12.1 Å². The van der Waals surface area contributed by atoms with Crippen LogP contribution >= 0.6 is 23.2 Å². The number of ketones is 2. The lowest BCUT2D eigenvalue weighted by molar-refractivity contribution is -0.122. The molecule has 0 N–H and O–H groups in total. The maximum absolute atomic E-state index is 12.0. The molecule has 0 saturated carbocycles. The Morgan fingerprint density at radius 2 is 1.84 bits per heavy atom. The molecule has 0 aromatic heterocycles. The van der Waals surface area contributed by atoms with Crippen molar-refractivity contribution in [2.75, 3.05) is 4.90 Å². The molecule has 1 aliphatic rings. The predicted octanol–water partition coefficient (Wildman–Crippen LogP) is 2.89.